The van der Waals surface area contributed by atoms with Crippen LogP contribution in [0.5, 0.6) is 0 Å². The zero-order valence-corrected chi connectivity index (χ0v) is 7.43. The first kappa shape index (κ1) is 7.87. The van der Waals surface area contributed by atoms with E-state index in [1.54, 1.807) is 6.92 Å². The van der Waals surface area contributed by atoms with Crippen molar-refractivity contribution >= 4 is 0 Å². The Morgan fingerprint density at radius 1 is 1.42 bits per heavy atom. The van der Waals surface area contributed by atoms with Gasteiger partial charge in [0.05, 0.1) is 6.10 Å². The van der Waals surface area contributed by atoms with E-state index in [2.05, 4.69) is 11.1 Å². The average Bonchev–Trinajstić information content (AvgIpc) is 2.46. The number of aromatic amines is 1. The smallest absolute Gasteiger partial charge is 0.0909 e. The highest BCUT2D eigenvalue weighted by atomic mass is 16.3. The molecule has 1 unspecified atom stereocenters. The lowest BCUT2D eigenvalue weighted by atomic mass is 9.98. The second-order valence-corrected chi connectivity index (χ2v) is 3.61. The van der Waals surface area contributed by atoms with Crippen molar-refractivity contribution in [3.05, 3.63) is 23.0 Å². The molecule has 2 N–H and O–H groups in total. The molecule has 0 saturated heterocycles. The maximum absolute atomic E-state index is 9.34. The van der Waals surface area contributed by atoms with Crippen LogP contribution in [-0.2, 0) is 12.8 Å². The van der Waals surface area contributed by atoms with Crippen molar-refractivity contribution in [2.45, 2.75) is 38.7 Å². The second kappa shape index (κ2) is 2.94. The summed E-state index contributed by atoms with van der Waals surface area (Å²) in [6.45, 7) is 1.80. The van der Waals surface area contributed by atoms with Crippen LogP contribution in [0.15, 0.2) is 6.07 Å². The maximum atomic E-state index is 9.34. The third kappa shape index (κ3) is 1.27. The summed E-state index contributed by atoms with van der Waals surface area (Å²) in [5, 5.41) is 9.34. The van der Waals surface area contributed by atoms with E-state index in [1.807, 2.05) is 0 Å². The van der Waals surface area contributed by atoms with Gasteiger partial charge in [-0.15, -0.1) is 0 Å². The molecule has 2 heteroatoms. The molecule has 0 aromatic carbocycles. The van der Waals surface area contributed by atoms with E-state index < -0.39 is 0 Å². The van der Waals surface area contributed by atoms with Crippen molar-refractivity contribution in [1.82, 2.24) is 4.98 Å². The van der Waals surface area contributed by atoms with Gasteiger partial charge in [0.15, 0.2) is 0 Å². The van der Waals surface area contributed by atoms with Crippen LogP contribution in [0, 0.1) is 0 Å². The van der Waals surface area contributed by atoms with Gasteiger partial charge in [0, 0.05) is 11.4 Å². The molecular weight excluding hydrogens is 150 g/mol. The molecule has 0 saturated carbocycles. The molecule has 1 aliphatic rings. The Morgan fingerprint density at radius 2 is 2.17 bits per heavy atom. The van der Waals surface area contributed by atoms with E-state index in [1.165, 1.54) is 30.5 Å². The Bertz CT molecular complexity index is 252. The number of aryl methyl sites for hydroxylation is 2. The number of aliphatic hydroxyl groups excluding tert-OH is 1. The van der Waals surface area contributed by atoms with Gasteiger partial charge >= 0.3 is 0 Å². The molecule has 0 spiro atoms. The number of fused-ring (bicyclic) bond motifs is 1. The molecule has 2 nitrogen and oxygen atoms in total. The van der Waals surface area contributed by atoms with Gasteiger partial charge in [-0.05, 0) is 44.2 Å². The first-order valence-corrected chi connectivity index (χ1v) is 4.66. The first-order valence-electron chi connectivity index (χ1n) is 4.66. The fraction of sp³-hybridized carbons (Fsp3) is 0.600. The highest BCUT2D eigenvalue weighted by molar-refractivity contribution is 5.28. The summed E-state index contributed by atoms with van der Waals surface area (Å²) in [6.07, 6.45) is 4.56. The number of H-pyrrole nitrogens is 1. The molecule has 0 radical (unpaired) electrons. The van der Waals surface area contributed by atoms with Crippen LogP contribution in [0.4, 0.5) is 0 Å². The Balaban J connectivity index is 2.32. The van der Waals surface area contributed by atoms with Gasteiger partial charge in [0.2, 0.25) is 0 Å². The summed E-state index contributed by atoms with van der Waals surface area (Å²) >= 11 is 0. The molecular formula is C10H15NO. The van der Waals surface area contributed by atoms with E-state index in [-0.39, 0.29) is 6.10 Å². The molecule has 0 fully saturated rings. The molecule has 1 heterocycles. The third-order valence-corrected chi connectivity index (χ3v) is 2.59. The Labute approximate surface area is 72.6 Å². The normalized spacial score (nSPS) is 18.8. The van der Waals surface area contributed by atoms with Gasteiger partial charge in [0.1, 0.15) is 0 Å². The van der Waals surface area contributed by atoms with Crippen LogP contribution in [-0.4, -0.2) is 10.1 Å². The highest BCUT2D eigenvalue weighted by Gasteiger charge is 2.13. The lowest BCUT2D eigenvalue weighted by Gasteiger charge is -2.09. The third-order valence-electron chi connectivity index (χ3n) is 2.59. The van der Waals surface area contributed by atoms with E-state index in [4.69, 9.17) is 0 Å². The Morgan fingerprint density at radius 3 is 2.83 bits per heavy atom. The lowest BCUT2D eigenvalue weighted by Crippen LogP contribution is -1.99. The summed E-state index contributed by atoms with van der Waals surface area (Å²) in [5.41, 5.74) is 3.73. The van der Waals surface area contributed by atoms with Crippen molar-refractivity contribution in [3.63, 3.8) is 0 Å². The van der Waals surface area contributed by atoms with E-state index in [0.717, 1.165) is 12.1 Å². The van der Waals surface area contributed by atoms with Crippen molar-refractivity contribution in [2.75, 3.05) is 0 Å². The minimum absolute atomic E-state index is 0.351. The topological polar surface area (TPSA) is 36.0 Å². The summed E-state index contributed by atoms with van der Waals surface area (Å²) in [4.78, 5) is 3.28. The van der Waals surface area contributed by atoms with Crippen molar-refractivity contribution in [2.24, 2.45) is 0 Å². The van der Waals surface area contributed by atoms with Gasteiger partial charge in [0.25, 0.3) is 0 Å². The van der Waals surface area contributed by atoms with Gasteiger partial charge < -0.3 is 10.1 Å². The Hall–Kier alpha value is -0.760. The molecule has 2 rings (SSSR count). The molecule has 0 bridgehead atoms. The van der Waals surface area contributed by atoms with Gasteiger partial charge in [-0.3, -0.25) is 0 Å². The summed E-state index contributed by atoms with van der Waals surface area (Å²) in [5.74, 6) is 0. The number of nitrogens with one attached hydrogen (secondary N) is 1. The predicted molar refractivity (Wildman–Crippen MR) is 48.1 cm³/mol. The van der Waals surface area contributed by atoms with Crippen molar-refractivity contribution < 1.29 is 5.11 Å². The summed E-state index contributed by atoms with van der Waals surface area (Å²) in [7, 11) is 0. The molecule has 1 aromatic heterocycles. The molecule has 0 amide bonds. The van der Waals surface area contributed by atoms with Crippen molar-refractivity contribution in [1.29, 1.82) is 0 Å². The number of rotatable bonds is 1. The van der Waals surface area contributed by atoms with Crippen LogP contribution in [0.25, 0.3) is 0 Å². The fourth-order valence-corrected chi connectivity index (χ4v) is 1.85. The average molecular weight is 165 g/mol. The predicted octanol–water partition coefficient (Wildman–Crippen LogP) is 1.95. The number of aliphatic hydroxyl groups is 1. The maximum Gasteiger partial charge on any atom is 0.0909 e. The van der Waals surface area contributed by atoms with Crippen LogP contribution >= 0.6 is 0 Å². The second-order valence-electron chi connectivity index (χ2n) is 3.61. The molecule has 0 aliphatic heterocycles. The quantitative estimate of drug-likeness (QED) is 0.655. The lowest BCUT2D eigenvalue weighted by molar-refractivity contribution is 0.195. The van der Waals surface area contributed by atoms with E-state index in [0.29, 0.717) is 0 Å². The molecule has 1 aromatic rings. The number of aromatic nitrogens is 1. The Kier molecular flexibility index (Phi) is 1.93. The van der Waals surface area contributed by atoms with E-state index >= 15 is 0 Å². The highest BCUT2D eigenvalue weighted by Crippen LogP contribution is 2.24. The van der Waals surface area contributed by atoms with Crippen LogP contribution in [0.1, 0.15) is 42.8 Å². The fourth-order valence-electron chi connectivity index (χ4n) is 1.85. The van der Waals surface area contributed by atoms with Gasteiger partial charge in [-0.25, -0.2) is 0 Å². The number of hydrogen-bond acceptors (Lipinski definition) is 1. The molecule has 66 valence electrons. The van der Waals surface area contributed by atoms with Gasteiger partial charge in [-0.2, -0.15) is 0 Å². The largest absolute Gasteiger partial charge is 0.387 e. The van der Waals surface area contributed by atoms with Crippen LogP contribution < -0.4 is 0 Å². The minimum Gasteiger partial charge on any atom is -0.387 e. The summed E-state index contributed by atoms with van der Waals surface area (Å²) in [6, 6.07) is 2.11. The van der Waals surface area contributed by atoms with E-state index in [9.17, 15) is 5.11 Å². The van der Waals surface area contributed by atoms with Crippen LogP contribution in [0.2, 0.25) is 0 Å². The molecule has 12 heavy (non-hydrogen) atoms. The molecule has 1 atom stereocenters. The van der Waals surface area contributed by atoms with Crippen LogP contribution in [0.3, 0.4) is 0 Å². The standard InChI is InChI=1S/C10H15NO/c1-7(12)10-6-8-4-2-3-5-9(8)11-10/h6-7,11-12H,2-5H2,1H3. The monoisotopic (exact) mass is 165 g/mol. The first-order chi connectivity index (χ1) is 5.77. The zero-order valence-electron chi connectivity index (χ0n) is 7.43. The zero-order chi connectivity index (χ0) is 8.55. The minimum atomic E-state index is -0.351. The van der Waals surface area contributed by atoms with Crippen molar-refractivity contribution in [3.8, 4) is 0 Å². The SMILES string of the molecule is CC(O)c1cc2c([nH]1)CCCC2. The molecule has 1 aliphatic carbocycles. The van der Waals surface area contributed by atoms with Gasteiger partial charge in [-0.1, -0.05) is 0 Å². The number of hydrogen-bond donors (Lipinski definition) is 2. The summed E-state index contributed by atoms with van der Waals surface area (Å²) < 4.78 is 0.